The van der Waals surface area contributed by atoms with Crippen LogP contribution in [0, 0.1) is 11.3 Å². The zero-order valence-corrected chi connectivity index (χ0v) is 14.4. The van der Waals surface area contributed by atoms with Gasteiger partial charge in [-0.3, -0.25) is 0 Å². The van der Waals surface area contributed by atoms with Gasteiger partial charge in [0.1, 0.15) is 17.7 Å². The minimum absolute atomic E-state index is 0.175. The molecule has 23 heavy (non-hydrogen) atoms. The summed E-state index contributed by atoms with van der Waals surface area (Å²) in [5, 5.41) is 9.44. The molecule has 0 saturated carbocycles. The van der Waals surface area contributed by atoms with E-state index in [2.05, 4.69) is 41.7 Å². The van der Waals surface area contributed by atoms with E-state index in [0.29, 0.717) is 17.5 Å². The lowest BCUT2D eigenvalue weighted by molar-refractivity contribution is 0.0807. The Labute approximate surface area is 138 Å². The van der Waals surface area contributed by atoms with Crippen molar-refractivity contribution in [3.63, 3.8) is 0 Å². The summed E-state index contributed by atoms with van der Waals surface area (Å²) >= 11 is 0. The van der Waals surface area contributed by atoms with E-state index in [0.717, 1.165) is 56.7 Å². The number of hydrogen-bond donors (Lipinski definition) is 0. The van der Waals surface area contributed by atoms with Crippen molar-refractivity contribution in [2.24, 2.45) is 0 Å². The lowest BCUT2D eigenvalue weighted by atomic mass is 10.0. The second-order valence-corrected chi connectivity index (χ2v) is 6.99. The van der Waals surface area contributed by atoms with E-state index in [1.807, 2.05) is 6.07 Å². The monoisotopic (exact) mass is 314 g/mol. The molecule has 0 spiro atoms. The largest absolute Gasteiger partial charge is 0.473 e. The van der Waals surface area contributed by atoms with Crippen LogP contribution in [0.1, 0.15) is 43.5 Å². The average molecular weight is 314 g/mol. The van der Waals surface area contributed by atoms with Crippen molar-refractivity contribution in [3.8, 4) is 11.9 Å². The predicted molar refractivity (Wildman–Crippen MR) is 89.3 cm³/mol. The molecule has 5 heteroatoms. The number of ether oxygens (including phenoxy) is 1. The molecule has 3 rings (SSSR count). The minimum Gasteiger partial charge on any atom is -0.473 e. The molecular weight excluding hydrogens is 288 g/mol. The second-order valence-electron chi connectivity index (χ2n) is 6.99. The topological polar surface area (TPSA) is 52.4 Å². The molecule has 0 bridgehead atoms. The highest BCUT2D eigenvalue weighted by molar-refractivity contribution is 5.43. The summed E-state index contributed by atoms with van der Waals surface area (Å²) in [5.74, 6) is 0.541. The smallest absolute Gasteiger partial charge is 0.232 e. The predicted octanol–water partition coefficient (Wildman–Crippen LogP) is 2.19. The highest BCUT2D eigenvalue weighted by atomic mass is 16.5. The van der Waals surface area contributed by atoms with E-state index in [1.54, 1.807) is 0 Å². The molecule has 0 radical (unpaired) electrons. The maximum atomic E-state index is 9.44. The van der Waals surface area contributed by atoms with E-state index in [1.165, 1.54) is 0 Å². The van der Waals surface area contributed by atoms with Crippen molar-refractivity contribution in [1.29, 1.82) is 5.26 Å². The average Bonchev–Trinajstić information content (AvgIpc) is 2.55. The van der Waals surface area contributed by atoms with E-state index in [4.69, 9.17) is 4.74 Å². The van der Waals surface area contributed by atoms with Crippen molar-refractivity contribution in [1.82, 2.24) is 14.8 Å². The number of piperidine rings is 1. The van der Waals surface area contributed by atoms with Crippen molar-refractivity contribution >= 4 is 0 Å². The van der Waals surface area contributed by atoms with Gasteiger partial charge in [-0.2, -0.15) is 5.26 Å². The number of likely N-dealkylation sites (tertiary alicyclic amines) is 1. The first-order valence-corrected chi connectivity index (χ1v) is 8.59. The molecule has 1 fully saturated rings. The summed E-state index contributed by atoms with van der Waals surface area (Å²) in [6.45, 7) is 8.45. The third-order valence-corrected chi connectivity index (χ3v) is 4.93. The van der Waals surface area contributed by atoms with Crippen LogP contribution in [0.15, 0.2) is 6.07 Å². The van der Waals surface area contributed by atoms with Crippen molar-refractivity contribution in [2.45, 2.75) is 51.8 Å². The Morgan fingerprint density at radius 1 is 1.30 bits per heavy atom. The van der Waals surface area contributed by atoms with Gasteiger partial charge in [-0.25, -0.2) is 4.98 Å². The molecule has 1 aromatic heterocycles. The molecule has 1 saturated heterocycles. The summed E-state index contributed by atoms with van der Waals surface area (Å²) in [4.78, 5) is 9.41. The standard InChI is InChI=1S/C18H26N4O/c1-13(2)22-8-4-16(5-9-22)23-18-14(11-19)10-15-12-21(3)7-6-17(15)20-18/h10,13,16H,4-9,12H2,1-3H3. The highest BCUT2D eigenvalue weighted by Crippen LogP contribution is 2.26. The summed E-state index contributed by atoms with van der Waals surface area (Å²) < 4.78 is 6.12. The van der Waals surface area contributed by atoms with Crippen LogP contribution in [0.25, 0.3) is 0 Å². The van der Waals surface area contributed by atoms with Gasteiger partial charge in [0, 0.05) is 38.6 Å². The first-order chi connectivity index (χ1) is 11.1. The lowest BCUT2D eigenvalue weighted by Gasteiger charge is -2.34. The molecule has 3 heterocycles. The molecule has 0 amide bonds. The number of nitriles is 1. The molecule has 0 N–H and O–H groups in total. The molecule has 0 unspecified atom stereocenters. The van der Waals surface area contributed by atoms with Crippen molar-refractivity contribution in [3.05, 3.63) is 22.9 Å². The van der Waals surface area contributed by atoms with Gasteiger partial charge in [0.25, 0.3) is 0 Å². The third-order valence-electron chi connectivity index (χ3n) is 4.93. The van der Waals surface area contributed by atoms with Crippen LogP contribution in [0.3, 0.4) is 0 Å². The molecule has 0 aliphatic carbocycles. The number of rotatable bonds is 3. The normalized spacial score (nSPS) is 20.3. The SMILES string of the molecule is CC(C)N1CCC(Oc2nc3c(cc2C#N)CN(C)CC3)CC1. The van der Waals surface area contributed by atoms with Gasteiger partial charge < -0.3 is 14.5 Å². The molecule has 1 aromatic rings. The van der Waals surface area contributed by atoms with Gasteiger partial charge in [0.05, 0.1) is 5.69 Å². The van der Waals surface area contributed by atoms with E-state index in [9.17, 15) is 5.26 Å². The van der Waals surface area contributed by atoms with Gasteiger partial charge in [-0.1, -0.05) is 0 Å². The Bertz CT molecular complexity index is 600. The van der Waals surface area contributed by atoms with Gasteiger partial charge in [0.15, 0.2) is 0 Å². The Balaban J connectivity index is 1.72. The summed E-state index contributed by atoms with van der Waals surface area (Å²) in [6.07, 6.45) is 3.11. The van der Waals surface area contributed by atoms with Crippen LogP contribution >= 0.6 is 0 Å². The van der Waals surface area contributed by atoms with Crippen LogP contribution in [0.5, 0.6) is 5.88 Å². The fraction of sp³-hybridized carbons (Fsp3) is 0.667. The van der Waals surface area contributed by atoms with Crippen molar-refractivity contribution in [2.75, 3.05) is 26.7 Å². The Kier molecular flexibility index (Phi) is 4.84. The van der Waals surface area contributed by atoms with Crippen LogP contribution in [-0.4, -0.2) is 53.6 Å². The van der Waals surface area contributed by atoms with Crippen LogP contribution < -0.4 is 4.74 Å². The molecule has 2 aliphatic heterocycles. The minimum atomic E-state index is 0.175. The van der Waals surface area contributed by atoms with Gasteiger partial charge >= 0.3 is 0 Å². The summed E-state index contributed by atoms with van der Waals surface area (Å²) in [5.41, 5.74) is 2.83. The van der Waals surface area contributed by atoms with Crippen LogP contribution in [0.4, 0.5) is 0 Å². The number of fused-ring (bicyclic) bond motifs is 1. The molecule has 124 valence electrons. The Morgan fingerprint density at radius 3 is 2.70 bits per heavy atom. The Hall–Kier alpha value is -1.64. The summed E-state index contributed by atoms with van der Waals surface area (Å²) in [6, 6.07) is 4.82. The summed E-state index contributed by atoms with van der Waals surface area (Å²) in [7, 11) is 2.10. The number of likely N-dealkylation sites (N-methyl/N-ethyl adjacent to an activating group) is 1. The van der Waals surface area contributed by atoms with Gasteiger partial charge in [-0.05, 0) is 45.4 Å². The van der Waals surface area contributed by atoms with E-state index >= 15 is 0 Å². The first-order valence-electron chi connectivity index (χ1n) is 8.59. The fourth-order valence-corrected chi connectivity index (χ4v) is 3.43. The lowest BCUT2D eigenvalue weighted by Crippen LogP contribution is -2.42. The molecular formula is C18H26N4O. The third kappa shape index (κ3) is 3.65. The van der Waals surface area contributed by atoms with E-state index < -0.39 is 0 Å². The maximum absolute atomic E-state index is 9.44. The fourth-order valence-electron chi connectivity index (χ4n) is 3.43. The number of hydrogen-bond acceptors (Lipinski definition) is 5. The molecule has 5 nitrogen and oxygen atoms in total. The zero-order valence-electron chi connectivity index (χ0n) is 14.4. The maximum Gasteiger partial charge on any atom is 0.232 e. The van der Waals surface area contributed by atoms with Gasteiger partial charge in [-0.15, -0.1) is 0 Å². The Morgan fingerprint density at radius 2 is 2.04 bits per heavy atom. The zero-order chi connectivity index (χ0) is 16.4. The second kappa shape index (κ2) is 6.86. The van der Waals surface area contributed by atoms with E-state index in [-0.39, 0.29) is 6.10 Å². The van der Waals surface area contributed by atoms with Crippen LogP contribution in [0.2, 0.25) is 0 Å². The quantitative estimate of drug-likeness (QED) is 0.856. The van der Waals surface area contributed by atoms with Crippen LogP contribution in [-0.2, 0) is 13.0 Å². The molecule has 2 aliphatic rings. The molecule has 0 aromatic carbocycles. The number of pyridine rings is 1. The van der Waals surface area contributed by atoms with Gasteiger partial charge in [0.2, 0.25) is 5.88 Å². The molecule has 0 atom stereocenters. The number of aromatic nitrogens is 1. The highest BCUT2D eigenvalue weighted by Gasteiger charge is 2.25. The van der Waals surface area contributed by atoms with Crippen molar-refractivity contribution < 1.29 is 4.74 Å². The number of nitrogens with zero attached hydrogens (tertiary/aromatic N) is 4. The first kappa shape index (κ1) is 16.2.